The van der Waals surface area contributed by atoms with E-state index in [0.717, 1.165) is 12.8 Å². The smallest absolute Gasteiger partial charge is 0.217 e. The third kappa shape index (κ3) is 9.46. The van der Waals surface area contributed by atoms with Crippen LogP contribution in [-0.4, -0.2) is 23.7 Å². The summed E-state index contributed by atoms with van der Waals surface area (Å²) in [7, 11) is 0. The quantitative estimate of drug-likeness (QED) is 0.722. The molecule has 108 valence electrons. The van der Waals surface area contributed by atoms with Gasteiger partial charge in [-0.25, -0.2) is 0 Å². The fourth-order valence-corrected chi connectivity index (χ4v) is 1.83. The second-order valence-corrected chi connectivity index (χ2v) is 6.86. The maximum atomic E-state index is 11.0. The van der Waals surface area contributed by atoms with E-state index in [0.29, 0.717) is 12.5 Å². The molecule has 0 radical (unpaired) electrons. The van der Waals surface area contributed by atoms with Crippen LogP contribution in [-0.2, 0) is 9.53 Å². The number of carbonyl (C=O) groups is 1. The Morgan fingerprint density at radius 3 is 2.17 bits per heavy atom. The summed E-state index contributed by atoms with van der Waals surface area (Å²) in [6, 6.07) is 0. The lowest BCUT2D eigenvalue weighted by atomic mass is 9.96. The molecule has 1 amide bonds. The lowest BCUT2D eigenvalue weighted by Crippen LogP contribution is -2.43. The largest absolute Gasteiger partial charge is 0.375 e. The van der Waals surface area contributed by atoms with E-state index >= 15 is 0 Å². The average Bonchev–Trinajstić information content (AvgIpc) is 2.12. The van der Waals surface area contributed by atoms with Crippen molar-refractivity contribution >= 4 is 5.91 Å². The summed E-state index contributed by atoms with van der Waals surface area (Å²) in [6.07, 6.45) is 3.09. The van der Waals surface area contributed by atoms with Gasteiger partial charge in [-0.1, -0.05) is 13.8 Å². The Morgan fingerprint density at radius 2 is 1.72 bits per heavy atom. The van der Waals surface area contributed by atoms with Gasteiger partial charge in [0, 0.05) is 19.1 Å². The molecule has 0 heterocycles. The molecule has 0 aliphatic carbocycles. The Balaban J connectivity index is 3.98. The molecular weight excluding hydrogens is 226 g/mol. The molecular formula is C15H31NO2. The van der Waals surface area contributed by atoms with Gasteiger partial charge in [0.05, 0.1) is 5.60 Å². The average molecular weight is 257 g/mol. The van der Waals surface area contributed by atoms with Crippen LogP contribution in [0.3, 0.4) is 0 Å². The van der Waals surface area contributed by atoms with Gasteiger partial charge in [-0.3, -0.25) is 4.79 Å². The molecule has 0 saturated carbocycles. The van der Waals surface area contributed by atoms with Crippen LogP contribution in [0, 0.1) is 5.92 Å². The third-order valence-corrected chi connectivity index (χ3v) is 3.06. The van der Waals surface area contributed by atoms with Crippen LogP contribution in [0.1, 0.15) is 67.7 Å². The van der Waals surface area contributed by atoms with E-state index in [9.17, 15) is 4.79 Å². The van der Waals surface area contributed by atoms with Gasteiger partial charge in [0.1, 0.15) is 0 Å². The number of ether oxygens (including phenoxy) is 1. The first kappa shape index (κ1) is 17.4. The molecule has 0 fully saturated rings. The maximum absolute atomic E-state index is 11.0. The highest BCUT2D eigenvalue weighted by Gasteiger charge is 2.22. The molecule has 0 aliphatic heterocycles. The van der Waals surface area contributed by atoms with E-state index in [1.807, 2.05) is 13.8 Å². The van der Waals surface area contributed by atoms with Gasteiger partial charge in [-0.15, -0.1) is 0 Å². The minimum absolute atomic E-state index is 0.0130. The van der Waals surface area contributed by atoms with Crippen LogP contribution in [0.2, 0.25) is 0 Å². The Hall–Kier alpha value is -0.570. The molecule has 0 rings (SSSR count). The van der Waals surface area contributed by atoms with Crippen molar-refractivity contribution in [1.29, 1.82) is 0 Å². The Kier molecular flexibility index (Phi) is 6.90. The molecule has 18 heavy (non-hydrogen) atoms. The van der Waals surface area contributed by atoms with Crippen molar-refractivity contribution in [2.75, 3.05) is 6.61 Å². The number of hydrogen-bond donors (Lipinski definition) is 1. The monoisotopic (exact) mass is 257 g/mol. The standard InChI is InChI=1S/C15H31NO2/c1-12(2)8-9-15(6,7)18-11-10-14(4,5)16-13(3)17/h12H,8-11H2,1-7H3,(H,16,17). The molecule has 3 heteroatoms. The molecule has 0 unspecified atom stereocenters. The van der Waals surface area contributed by atoms with Crippen molar-refractivity contribution in [3.05, 3.63) is 0 Å². The van der Waals surface area contributed by atoms with Gasteiger partial charge >= 0.3 is 0 Å². The van der Waals surface area contributed by atoms with Crippen LogP contribution in [0.4, 0.5) is 0 Å². The minimum atomic E-state index is -0.194. The Labute approximate surface area is 113 Å². The molecule has 0 aromatic heterocycles. The van der Waals surface area contributed by atoms with E-state index < -0.39 is 0 Å². The van der Waals surface area contributed by atoms with Crippen LogP contribution in [0.5, 0.6) is 0 Å². The van der Waals surface area contributed by atoms with Crippen LogP contribution >= 0.6 is 0 Å². The predicted octanol–water partition coefficient (Wildman–Crippen LogP) is 3.52. The van der Waals surface area contributed by atoms with Crippen molar-refractivity contribution in [3.63, 3.8) is 0 Å². The third-order valence-electron chi connectivity index (χ3n) is 3.06. The highest BCUT2D eigenvalue weighted by Crippen LogP contribution is 2.21. The number of carbonyl (C=O) groups excluding carboxylic acids is 1. The topological polar surface area (TPSA) is 38.3 Å². The van der Waals surface area contributed by atoms with Crippen molar-refractivity contribution in [2.24, 2.45) is 5.92 Å². The second kappa shape index (κ2) is 7.13. The Morgan fingerprint density at radius 1 is 1.17 bits per heavy atom. The minimum Gasteiger partial charge on any atom is -0.375 e. The fraction of sp³-hybridized carbons (Fsp3) is 0.933. The summed E-state index contributed by atoms with van der Waals surface area (Å²) in [6.45, 7) is 15.0. The van der Waals surface area contributed by atoms with E-state index in [1.54, 1.807) is 6.92 Å². The molecule has 0 aromatic rings. The zero-order chi connectivity index (χ0) is 14.4. The maximum Gasteiger partial charge on any atom is 0.217 e. The molecule has 0 spiro atoms. The summed E-state index contributed by atoms with van der Waals surface area (Å²) < 4.78 is 5.95. The normalized spacial score (nSPS) is 12.9. The second-order valence-electron chi connectivity index (χ2n) is 6.86. The molecule has 0 atom stereocenters. The van der Waals surface area contributed by atoms with Gasteiger partial charge in [-0.2, -0.15) is 0 Å². The van der Waals surface area contributed by atoms with Gasteiger partial charge < -0.3 is 10.1 Å². The predicted molar refractivity (Wildman–Crippen MR) is 76.6 cm³/mol. The van der Waals surface area contributed by atoms with Crippen molar-refractivity contribution in [2.45, 2.75) is 78.9 Å². The first-order valence-corrected chi connectivity index (χ1v) is 6.97. The molecule has 3 nitrogen and oxygen atoms in total. The summed E-state index contributed by atoms with van der Waals surface area (Å²) in [5.41, 5.74) is -0.267. The van der Waals surface area contributed by atoms with Crippen LogP contribution < -0.4 is 5.32 Å². The number of hydrogen-bond acceptors (Lipinski definition) is 2. The number of amides is 1. The molecule has 0 aliphatic rings. The first-order chi connectivity index (χ1) is 8.04. The lowest BCUT2D eigenvalue weighted by Gasteiger charge is -2.30. The SMILES string of the molecule is CC(=O)NC(C)(C)CCOC(C)(C)CCC(C)C. The summed E-state index contributed by atoms with van der Waals surface area (Å²) in [5.74, 6) is 0.725. The summed E-state index contributed by atoms with van der Waals surface area (Å²) in [5, 5.41) is 2.94. The van der Waals surface area contributed by atoms with E-state index in [2.05, 4.69) is 33.0 Å². The van der Waals surface area contributed by atoms with Crippen molar-refractivity contribution in [1.82, 2.24) is 5.32 Å². The fourth-order valence-electron chi connectivity index (χ4n) is 1.83. The number of nitrogens with one attached hydrogen (secondary N) is 1. The first-order valence-electron chi connectivity index (χ1n) is 6.97. The summed E-state index contributed by atoms with van der Waals surface area (Å²) in [4.78, 5) is 11.0. The van der Waals surface area contributed by atoms with Gasteiger partial charge in [0.25, 0.3) is 0 Å². The zero-order valence-electron chi connectivity index (χ0n) is 13.2. The van der Waals surface area contributed by atoms with E-state index in [1.165, 1.54) is 6.42 Å². The lowest BCUT2D eigenvalue weighted by molar-refractivity contribution is -0.120. The molecule has 0 bridgehead atoms. The highest BCUT2D eigenvalue weighted by molar-refractivity contribution is 5.73. The van der Waals surface area contributed by atoms with E-state index in [-0.39, 0.29) is 17.0 Å². The van der Waals surface area contributed by atoms with E-state index in [4.69, 9.17) is 4.74 Å². The van der Waals surface area contributed by atoms with Gasteiger partial charge in [-0.05, 0) is 52.9 Å². The van der Waals surface area contributed by atoms with Crippen LogP contribution in [0.25, 0.3) is 0 Å². The summed E-state index contributed by atoms with van der Waals surface area (Å²) >= 11 is 0. The molecule has 0 aromatic carbocycles. The van der Waals surface area contributed by atoms with Crippen molar-refractivity contribution < 1.29 is 9.53 Å². The van der Waals surface area contributed by atoms with Crippen molar-refractivity contribution in [3.8, 4) is 0 Å². The zero-order valence-corrected chi connectivity index (χ0v) is 13.2. The number of rotatable bonds is 8. The molecule has 0 saturated heterocycles. The Bertz CT molecular complexity index is 257. The molecule has 1 N–H and O–H groups in total. The van der Waals surface area contributed by atoms with Crippen LogP contribution in [0.15, 0.2) is 0 Å². The van der Waals surface area contributed by atoms with Gasteiger partial charge in [0.2, 0.25) is 5.91 Å². The van der Waals surface area contributed by atoms with Gasteiger partial charge in [0.15, 0.2) is 0 Å². The highest BCUT2D eigenvalue weighted by atomic mass is 16.5.